The van der Waals surface area contributed by atoms with Crippen molar-refractivity contribution in [2.75, 3.05) is 11.9 Å². The van der Waals surface area contributed by atoms with Crippen molar-refractivity contribution in [3.8, 4) is 0 Å². The van der Waals surface area contributed by atoms with E-state index in [4.69, 9.17) is 4.98 Å². The van der Waals surface area contributed by atoms with E-state index in [1.165, 1.54) is 18.4 Å². The highest BCUT2D eigenvalue weighted by Crippen LogP contribution is 2.32. The van der Waals surface area contributed by atoms with E-state index in [-0.39, 0.29) is 0 Å². The molecule has 1 N–H and O–H groups in total. The first-order chi connectivity index (χ1) is 13.2. The smallest absolute Gasteiger partial charge is 0.135 e. The molecule has 1 aliphatic rings. The van der Waals surface area contributed by atoms with E-state index in [9.17, 15) is 0 Å². The van der Waals surface area contributed by atoms with Crippen LogP contribution in [0.15, 0.2) is 42.9 Å². The Bertz CT molecular complexity index is 890. The summed E-state index contributed by atoms with van der Waals surface area (Å²) in [7, 11) is 1.96. The van der Waals surface area contributed by atoms with Gasteiger partial charge in [-0.15, -0.1) is 0 Å². The molecule has 4 heterocycles. The third kappa shape index (κ3) is 4.31. The van der Waals surface area contributed by atoms with Crippen molar-refractivity contribution < 1.29 is 0 Å². The van der Waals surface area contributed by atoms with Crippen molar-refractivity contribution >= 4 is 11.6 Å². The molecule has 4 rings (SSSR count). The average Bonchev–Trinajstić information content (AvgIpc) is 3.07. The molecule has 27 heavy (non-hydrogen) atoms. The SMILES string of the molecule is Cc1nc(Nc2ccccn2)cc(C2CCCCN2Cc2cnn(C)c2)n1. The monoisotopic (exact) mass is 363 g/mol. The van der Waals surface area contributed by atoms with Gasteiger partial charge in [0.1, 0.15) is 17.5 Å². The van der Waals surface area contributed by atoms with E-state index < -0.39 is 0 Å². The first kappa shape index (κ1) is 17.6. The molecule has 3 aromatic heterocycles. The standard InChI is InChI=1S/C20H25N7/c1-15-23-17(11-20(24-15)25-19-8-3-5-9-21-19)18-7-4-6-10-27(18)14-16-12-22-26(2)13-16/h3,5,8-9,11-13,18H,4,6-7,10,14H2,1-2H3,(H,21,23,24,25). The van der Waals surface area contributed by atoms with Crippen molar-refractivity contribution in [3.63, 3.8) is 0 Å². The minimum Gasteiger partial charge on any atom is -0.325 e. The lowest BCUT2D eigenvalue weighted by molar-refractivity contribution is 0.137. The van der Waals surface area contributed by atoms with Gasteiger partial charge in [0.15, 0.2) is 0 Å². The largest absolute Gasteiger partial charge is 0.325 e. The highest BCUT2D eigenvalue weighted by Gasteiger charge is 2.26. The molecule has 0 aliphatic carbocycles. The van der Waals surface area contributed by atoms with Crippen LogP contribution in [0.1, 0.15) is 42.4 Å². The molecular formula is C20H25N7. The minimum absolute atomic E-state index is 0.296. The van der Waals surface area contributed by atoms with E-state index in [2.05, 4.69) is 37.5 Å². The van der Waals surface area contributed by atoms with Crippen molar-refractivity contribution in [2.24, 2.45) is 7.05 Å². The molecule has 0 spiro atoms. The summed E-state index contributed by atoms with van der Waals surface area (Å²) in [5.41, 5.74) is 2.31. The predicted molar refractivity (Wildman–Crippen MR) is 104 cm³/mol. The Morgan fingerprint density at radius 1 is 1.19 bits per heavy atom. The maximum Gasteiger partial charge on any atom is 0.135 e. The van der Waals surface area contributed by atoms with E-state index in [0.717, 1.165) is 42.7 Å². The van der Waals surface area contributed by atoms with Gasteiger partial charge in [0.25, 0.3) is 0 Å². The fourth-order valence-corrected chi connectivity index (χ4v) is 3.70. The maximum absolute atomic E-state index is 4.76. The number of nitrogens with one attached hydrogen (secondary N) is 1. The lowest BCUT2D eigenvalue weighted by Crippen LogP contribution is -2.33. The predicted octanol–water partition coefficient (Wildman–Crippen LogP) is 3.38. The molecule has 0 aromatic carbocycles. The Balaban J connectivity index is 1.58. The lowest BCUT2D eigenvalue weighted by Gasteiger charge is -2.35. The Hall–Kier alpha value is -2.80. The second-order valence-corrected chi connectivity index (χ2v) is 7.07. The highest BCUT2D eigenvalue weighted by atomic mass is 15.2. The van der Waals surface area contributed by atoms with Crippen molar-refractivity contribution in [2.45, 2.75) is 38.8 Å². The molecule has 0 radical (unpaired) electrons. The van der Waals surface area contributed by atoms with Gasteiger partial charge < -0.3 is 5.32 Å². The summed E-state index contributed by atoms with van der Waals surface area (Å²) in [5, 5.41) is 7.60. The molecule has 1 atom stereocenters. The minimum atomic E-state index is 0.296. The first-order valence-electron chi connectivity index (χ1n) is 9.42. The molecule has 7 nitrogen and oxygen atoms in total. The number of pyridine rings is 1. The molecule has 1 unspecified atom stereocenters. The number of piperidine rings is 1. The summed E-state index contributed by atoms with van der Waals surface area (Å²) in [6.45, 7) is 3.91. The van der Waals surface area contributed by atoms with Gasteiger partial charge in [-0.2, -0.15) is 5.10 Å². The molecule has 0 bridgehead atoms. The summed E-state index contributed by atoms with van der Waals surface area (Å²) < 4.78 is 1.86. The van der Waals surface area contributed by atoms with Crippen LogP contribution in [-0.2, 0) is 13.6 Å². The summed E-state index contributed by atoms with van der Waals surface area (Å²) in [6, 6.07) is 8.16. The molecule has 1 fully saturated rings. The number of likely N-dealkylation sites (tertiary alicyclic amines) is 1. The molecule has 7 heteroatoms. The lowest BCUT2D eigenvalue weighted by atomic mass is 9.98. The molecule has 0 amide bonds. The Kier molecular flexibility index (Phi) is 5.11. The van der Waals surface area contributed by atoms with Gasteiger partial charge in [-0.05, 0) is 38.4 Å². The van der Waals surface area contributed by atoms with Crippen LogP contribution in [0.4, 0.5) is 11.6 Å². The Morgan fingerprint density at radius 2 is 2.11 bits per heavy atom. The number of hydrogen-bond donors (Lipinski definition) is 1. The van der Waals surface area contributed by atoms with Crippen molar-refractivity contribution in [1.82, 2.24) is 29.6 Å². The quantitative estimate of drug-likeness (QED) is 0.749. The van der Waals surface area contributed by atoms with Crippen LogP contribution in [0.5, 0.6) is 0 Å². The number of aromatic nitrogens is 5. The van der Waals surface area contributed by atoms with Gasteiger partial charge in [-0.25, -0.2) is 15.0 Å². The van der Waals surface area contributed by atoms with Gasteiger partial charge in [-0.1, -0.05) is 12.5 Å². The van der Waals surface area contributed by atoms with Gasteiger partial charge >= 0.3 is 0 Å². The van der Waals surface area contributed by atoms with E-state index in [0.29, 0.717) is 6.04 Å². The zero-order valence-corrected chi connectivity index (χ0v) is 15.8. The van der Waals surface area contributed by atoms with Crippen molar-refractivity contribution in [3.05, 3.63) is 59.9 Å². The van der Waals surface area contributed by atoms with Crippen LogP contribution in [0.25, 0.3) is 0 Å². The van der Waals surface area contributed by atoms with E-state index >= 15 is 0 Å². The first-order valence-corrected chi connectivity index (χ1v) is 9.42. The summed E-state index contributed by atoms with van der Waals surface area (Å²) in [6.07, 6.45) is 9.36. The van der Waals surface area contributed by atoms with Crippen LogP contribution in [0.2, 0.25) is 0 Å². The van der Waals surface area contributed by atoms with Crippen molar-refractivity contribution in [1.29, 1.82) is 0 Å². The summed E-state index contributed by atoms with van der Waals surface area (Å²) in [4.78, 5) is 16.1. The molecule has 1 saturated heterocycles. The van der Waals surface area contributed by atoms with Crippen LogP contribution < -0.4 is 5.32 Å². The zero-order valence-electron chi connectivity index (χ0n) is 15.8. The van der Waals surface area contributed by atoms with Crippen LogP contribution in [0, 0.1) is 6.92 Å². The highest BCUT2D eigenvalue weighted by molar-refractivity contribution is 5.51. The van der Waals surface area contributed by atoms with E-state index in [1.54, 1.807) is 6.20 Å². The number of anilines is 2. The fraction of sp³-hybridized carbons (Fsp3) is 0.400. The Morgan fingerprint density at radius 3 is 2.89 bits per heavy atom. The molecule has 140 valence electrons. The Labute approximate surface area is 159 Å². The van der Waals surface area contributed by atoms with Crippen LogP contribution in [-0.4, -0.2) is 36.2 Å². The topological polar surface area (TPSA) is 71.8 Å². The number of aryl methyl sites for hydroxylation is 2. The third-order valence-electron chi connectivity index (χ3n) is 4.88. The second-order valence-electron chi connectivity index (χ2n) is 7.07. The zero-order chi connectivity index (χ0) is 18.6. The summed E-state index contributed by atoms with van der Waals surface area (Å²) in [5.74, 6) is 2.36. The fourth-order valence-electron chi connectivity index (χ4n) is 3.70. The molecular weight excluding hydrogens is 338 g/mol. The molecule has 0 saturated carbocycles. The molecule has 1 aliphatic heterocycles. The normalized spacial score (nSPS) is 17.8. The molecule has 3 aromatic rings. The average molecular weight is 363 g/mol. The van der Waals surface area contributed by atoms with Crippen LogP contribution in [0.3, 0.4) is 0 Å². The maximum atomic E-state index is 4.76. The number of rotatable bonds is 5. The van der Waals surface area contributed by atoms with Gasteiger partial charge in [0.05, 0.1) is 17.9 Å². The summed E-state index contributed by atoms with van der Waals surface area (Å²) >= 11 is 0. The third-order valence-corrected chi connectivity index (χ3v) is 4.88. The number of nitrogens with zero attached hydrogens (tertiary/aromatic N) is 6. The van der Waals surface area contributed by atoms with Gasteiger partial charge in [-0.3, -0.25) is 9.58 Å². The van der Waals surface area contributed by atoms with E-state index in [1.807, 2.05) is 43.0 Å². The second kappa shape index (κ2) is 7.84. The number of hydrogen-bond acceptors (Lipinski definition) is 6. The van der Waals surface area contributed by atoms with Gasteiger partial charge in [0, 0.05) is 37.6 Å². The van der Waals surface area contributed by atoms with Crippen LogP contribution >= 0.6 is 0 Å². The van der Waals surface area contributed by atoms with Gasteiger partial charge in [0.2, 0.25) is 0 Å².